The maximum atomic E-state index is 13.3. The first-order valence-electron chi connectivity index (χ1n) is 7.50. The normalized spacial score (nSPS) is 25.0. The van der Waals surface area contributed by atoms with Crippen molar-refractivity contribution in [1.82, 2.24) is 9.80 Å². The number of aliphatic carboxylic acids is 1. The zero-order valence-electron chi connectivity index (χ0n) is 12.2. The van der Waals surface area contributed by atoms with Gasteiger partial charge in [-0.1, -0.05) is 6.07 Å². The van der Waals surface area contributed by atoms with E-state index in [0.29, 0.717) is 43.6 Å². The summed E-state index contributed by atoms with van der Waals surface area (Å²) < 4.78 is 13.3. The SMILES string of the molecule is O=C(O)CN1C[C@H]2C[C@H](C1)CN(C(=O)c1cccc(F)c1)C2. The Morgan fingerprint density at radius 2 is 1.86 bits per heavy atom. The molecule has 0 spiro atoms. The number of carbonyl (C=O) groups is 2. The van der Waals surface area contributed by atoms with Crippen LogP contribution in [0.15, 0.2) is 24.3 Å². The van der Waals surface area contributed by atoms with Gasteiger partial charge in [0.2, 0.25) is 0 Å². The van der Waals surface area contributed by atoms with Crippen LogP contribution in [0, 0.1) is 17.7 Å². The van der Waals surface area contributed by atoms with Crippen molar-refractivity contribution >= 4 is 11.9 Å². The lowest BCUT2D eigenvalue weighted by Crippen LogP contribution is -2.54. The Hall–Kier alpha value is -1.95. The van der Waals surface area contributed by atoms with Crippen LogP contribution >= 0.6 is 0 Å². The average Bonchev–Trinajstić information content (AvgIpc) is 2.44. The molecule has 1 N–H and O–H groups in total. The molecule has 2 fully saturated rings. The number of carboxylic acids is 1. The van der Waals surface area contributed by atoms with Crippen LogP contribution in [-0.4, -0.2) is 59.5 Å². The number of benzene rings is 1. The van der Waals surface area contributed by atoms with E-state index in [2.05, 4.69) is 0 Å². The fraction of sp³-hybridized carbons (Fsp3) is 0.500. The van der Waals surface area contributed by atoms with Crippen LogP contribution in [0.3, 0.4) is 0 Å². The van der Waals surface area contributed by atoms with Crippen molar-refractivity contribution in [1.29, 1.82) is 0 Å². The van der Waals surface area contributed by atoms with Gasteiger partial charge in [0.25, 0.3) is 5.91 Å². The van der Waals surface area contributed by atoms with Crippen LogP contribution in [0.2, 0.25) is 0 Å². The molecule has 0 radical (unpaired) electrons. The van der Waals surface area contributed by atoms with E-state index in [9.17, 15) is 14.0 Å². The molecule has 1 amide bonds. The topological polar surface area (TPSA) is 60.9 Å². The van der Waals surface area contributed by atoms with E-state index in [1.54, 1.807) is 17.0 Å². The quantitative estimate of drug-likeness (QED) is 0.914. The minimum absolute atomic E-state index is 0.0604. The second-order valence-electron chi connectivity index (χ2n) is 6.28. The lowest BCUT2D eigenvalue weighted by atomic mass is 9.84. The fourth-order valence-corrected chi connectivity index (χ4v) is 3.68. The molecule has 1 aromatic rings. The summed E-state index contributed by atoms with van der Waals surface area (Å²) in [4.78, 5) is 27.1. The van der Waals surface area contributed by atoms with E-state index in [1.165, 1.54) is 12.1 Å². The van der Waals surface area contributed by atoms with Gasteiger partial charge in [0.05, 0.1) is 6.54 Å². The summed E-state index contributed by atoms with van der Waals surface area (Å²) >= 11 is 0. The van der Waals surface area contributed by atoms with Crippen molar-refractivity contribution in [3.8, 4) is 0 Å². The smallest absolute Gasteiger partial charge is 0.317 e. The molecule has 2 saturated heterocycles. The third-order valence-electron chi connectivity index (χ3n) is 4.37. The van der Waals surface area contributed by atoms with Crippen LogP contribution in [-0.2, 0) is 4.79 Å². The van der Waals surface area contributed by atoms with Crippen molar-refractivity contribution in [2.75, 3.05) is 32.7 Å². The summed E-state index contributed by atoms with van der Waals surface area (Å²) in [6, 6.07) is 5.77. The zero-order valence-corrected chi connectivity index (χ0v) is 12.2. The summed E-state index contributed by atoms with van der Waals surface area (Å²) in [6.07, 6.45) is 1.03. The molecule has 5 nitrogen and oxygen atoms in total. The van der Waals surface area contributed by atoms with Crippen LogP contribution in [0.25, 0.3) is 0 Å². The van der Waals surface area contributed by atoms with E-state index < -0.39 is 11.8 Å². The van der Waals surface area contributed by atoms with Gasteiger partial charge in [-0.05, 0) is 36.5 Å². The summed E-state index contributed by atoms with van der Waals surface area (Å²) in [7, 11) is 0. The van der Waals surface area contributed by atoms with Gasteiger partial charge in [0.15, 0.2) is 0 Å². The zero-order chi connectivity index (χ0) is 15.7. The van der Waals surface area contributed by atoms with Crippen molar-refractivity contribution in [2.24, 2.45) is 11.8 Å². The van der Waals surface area contributed by atoms with Crippen molar-refractivity contribution in [3.05, 3.63) is 35.6 Å². The van der Waals surface area contributed by atoms with E-state index in [4.69, 9.17) is 5.11 Å². The largest absolute Gasteiger partial charge is 0.480 e. The Morgan fingerprint density at radius 3 is 2.45 bits per heavy atom. The number of halogens is 1. The van der Waals surface area contributed by atoms with Gasteiger partial charge in [-0.2, -0.15) is 0 Å². The van der Waals surface area contributed by atoms with Gasteiger partial charge in [-0.15, -0.1) is 0 Å². The van der Waals surface area contributed by atoms with E-state index in [1.807, 2.05) is 4.90 Å². The van der Waals surface area contributed by atoms with Gasteiger partial charge in [0, 0.05) is 31.7 Å². The number of amides is 1. The summed E-state index contributed by atoms with van der Waals surface area (Å²) in [5.41, 5.74) is 0.377. The highest BCUT2D eigenvalue weighted by molar-refractivity contribution is 5.94. The number of carboxylic acid groups (broad SMARTS) is 1. The molecule has 2 aliphatic heterocycles. The van der Waals surface area contributed by atoms with Crippen molar-refractivity contribution in [2.45, 2.75) is 6.42 Å². The Morgan fingerprint density at radius 1 is 1.18 bits per heavy atom. The maximum Gasteiger partial charge on any atom is 0.317 e. The van der Waals surface area contributed by atoms with Gasteiger partial charge in [-0.3, -0.25) is 14.5 Å². The number of piperidine rings is 2. The predicted molar refractivity (Wildman–Crippen MR) is 78.0 cm³/mol. The molecular weight excluding hydrogens is 287 g/mol. The maximum absolute atomic E-state index is 13.3. The van der Waals surface area contributed by atoms with Crippen molar-refractivity contribution in [3.63, 3.8) is 0 Å². The Bertz CT molecular complexity index is 579. The predicted octanol–water partition coefficient (Wildman–Crippen LogP) is 1.30. The molecule has 3 rings (SSSR count). The number of rotatable bonds is 3. The fourth-order valence-electron chi connectivity index (χ4n) is 3.68. The van der Waals surface area contributed by atoms with Gasteiger partial charge in [-0.25, -0.2) is 4.39 Å². The lowest BCUT2D eigenvalue weighted by molar-refractivity contribution is -0.139. The second-order valence-corrected chi connectivity index (χ2v) is 6.28. The first-order valence-corrected chi connectivity index (χ1v) is 7.50. The highest BCUT2D eigenvalue weighted by Crippen LogP contribution is 2.29. The molecule has 118 valence electrons. The number of likely N-dealkylation sites (tertiary alicyclic amines) is 2. The van der Waals surface area contributed by atoms with E-state index in [-0.39, 0.29) is 12.5 Å². The third-order valence-corrected chi connectivity index (χ3v) is 4.37. The Kier molecular flexibility index (Phi) is 4.11. The van der Waals surface area contributed by atoms with E-state index >= 15 is 0 Å². The first kappa shape index (κ1) is 15.0. The van der Waals surface area contributed by atoms with Gasteiger partial charge < -0.3 is 10.0 Å². The summed E-state index contributed by atoms with van der Waals surface area (Å²) in [6.45, 7) is 2.69. The molecule has 0 aliphatic carbocycles. The molecular formula is C16H19FN2O3. The van der Waals surface area contributed by atoms with Crippen LogP contribution in [0.1, 0.15) is 16.8 Å². The number of fused-ring (bicyclic) bond motifs is 2. The summed E-state index contributed by atoms with van der Waals surface area (Å²) in [5, 5.41) is 8.90. The number of nitrogens with zero attached hydrogens (tertiary/aromatic N) is 2. The lowest BCUT2D eigenvalue weighted by Gasteiger charge is -2.45. The number of carbonyl (C=O) groups excluding carboxylic acids is 1. The van der Waals surface area contributed by atoms with Crippen LogP contribution in [0.4, 0.5) is 4.39 Å². The molecule has 0 unspecified atom stereocenters. The third kappa shape index (κ3) is 3.27. The minimum Gasteiger partial charge on any atom is -0.480 e. The highest BCUT2D eigenvalue weighted by Gasteiger charge is 2.36. The minimum atomic E-state index is -0.812. The molecule has 0 saturated carbocycles. The molecule has 2 heterocycles. The van der Waals surface area contributed by atoms with Gasteiger partial charge >= 0.3 is 5.97 Å². The van der Waals surface area contributed by atoms with Crippen LogP contribution in [0.5, 0.6) is 0 Å². The molecule has 2 bridgehead atoms. The Labute approximate surface area is 128 Å². The first-order chi connectivity index (χ1) is 10.5. The van der Waals surface area contributed by atoms with Gasteiger partial charge in [0.1, 0.15) is 5.82 Å². The molecule has 2 atom stereocenters. The summed E-state index contributed by atoms with van der Waals surface area (Å²) in [5.74, 6) is -0.766. The number of hydrogen-bond donors (Lipinski definition) is 1. The molecule has 2 aliphatic rings. The van der Waals surface area contributed by atoms with Crippen molar-refractivity contribution < 1.29 is 19.1 Å². The molecule has 6 heteroatoms. The molecule has 22 heavy (non-hydrogen) atoms. The standard InChI is InChI=1S/C16H19FN2O3/c17-14-3-1-2-13(5-14)16(22)19-8-11-4-12(9-19)7-18(6-11)10-15(20)21/h1-3,5,11-12H,4,6-10H2,(H,20,21)/t11-,12-/m1/s1. The van der Waals surface area contributed by atoms with Crippen LogP contribution < -0.4 is 0 Å². The molecule has 0 aromatic heterocycles. The monoisotopic (exact) mass is 306 g/mol. The molecule has 1 aromatic carbocycles. The van der Waals surface area contributed by atoms with E-state index in [0.717, 1.165) is 6.42 Å². The number of hydrogen-bond acceptors (Lipinski definition) is 3. The Balaban J connectivity index is 1.67. The highest BCUT2D eigenvalue weighted by atomic mass is 19.1. The second kappa shape index (κ2) is 6.04. The average molecular weight is 306 g/mol.